The van der Waals surface area contributed by atoms with E-state index in [1.807, 2.05) is 19.1 Å². The average Bonchev–Trinajstić information content (AvgIpc) is 2.48. The lowest BCUT2D eigenvalue weighted by Gasteiger charge is -2.36. The Bertz CT molecular complexity index is 448. The summed E-state index contributed by atoms with van der Waals surface area (Å²) in [5.74, 6) is 0.296. The van der Waals surface area contributed by atoms with Crippen LogP contribution in [0.15, 0.2) is 33.6 Å². The summed E-state index contributed by atoms with van der Waals surface area (Å²) in [6.45, 7) is 5.14. The number of likely N-dealkylation sites (tertiary alicyclic amines) is 1. The quantitative estimate of drug-likeness (QED) is 0.728. The van der Waals surface area contributed by atoms with Crippen LogP contribution in [-0.4, -0.2) is 28.6 Å². The molecule has 2 nitrogen and oxygen atoms in total. The van der Waals surface area contributed by atoms with E-state index in [-0.39, 0.29) is 5.25 Å². The summed E-state index contributed by atoms with van der Waals surface area (Å²) in [5.41, 5.74) is 0. The summed E-state index contributed by atoms with van der Waals surface area (Å²) in [5, 5.41) is -0.0108. The molecule has 2 unspecified atom stereocenters. The smallest absolute Gasteiger partial charge is 0.236 e. The van der Waals surface area contributed by atoms with E-state index in [0.717, 1.165) is 35.2 Å². The van der Waals surface area contributed by atoms with E-state index in [2.05, 4.69) is 39.9 Å². The first-order valence-electron chi connectivity index (χ1n) is 7.34. The topological polar surface area (TPSA) is 20.3 Å². The third-order valence-electron chi connectivity index (χ3n) is 3.86. The Morgan fingerprint density at radius 3 is 2.75 bits per heavy atom. The number of piperidine rings is 1. The standard InChI is InChI=1S/C16H22BrNOS/c1-3-14-6-4-5-11-18(14)16(19)12(2)20-15-9-7-13(17)8-10-15/h7-10,12,14H,3-6,11H2,1-2H3. The molecule has 0 saturated carbocycles. The molecule has 0 bridgehead atoms. The molecule has 2 rings (SSSR count). The van der Waals surface area contributed by atoms with Gasteiger partial charge in [-0.15, -0.1) is 11.8 Å². The summed E-state index contributed by atoms with van der Waals surface area (Å²) >= 11 is 5.09. The molecular weight excluding hydrogens is 334 g/mol. The van der Waals surface area contributed by atoms with Crippen molar-refractivity contribution in [1.82, 2.24) is 4.90 Å². The van der Waals surface area contributed by atoms with Gasteiger partial charge in [-0.1, -0.05) is 22.9 Å². The summed E-state index contributed by atoms with van der Waals surface area (Å²) in [6, 6.07) is 8.62. The lowest BCUT2D eigenvalue weighted by molar-refractivity contribution is -0.134. The van der Waals surface area contributed by atoms with Gasteiger partial charge in [-0.2, -0.15) is 0 Å². The van der Waals surface area contributed by atoms with Gasteiger partial charge in [0.15, 0.2) is 0 Å². The van der Waals surface area contributed by atoms with Gasteiger partial charge < -0.3 is 4.90 Å². The van der Waals surface area contributed by atoms with Crippen molar-refractivity contribution in [2.24, 2.45) is 0 Å². The summed E-state index contributed by atoms with van der Waals surface area (Å²) < 4.78 is 1.07. The molecule has 0 aromatic heterocycles. The Labute approximate surface area is 134 Å². The molecule has 1 aliphatic heterocycles. The van der Waals surface area contributed by atoms with Gasteiger partial charge in [0.1, 0.15) is 0 Å². The highest BCUT2D eigenvalue weighted by Crippen LogP contribution is 2.28. The van der Waals surface area contributed by atoms with Crippen molar-refractivity contribution in [3.05, 3.63) is 28.7 Å². The van der Waals surface area contributed by atoms with Gasteiger partial charge in [0.25, 0.3) is 0 Å². The van der Waals surface area contributed by atoms with Gasteiger partial charge in [0.05, 0.1) is 5.25 Å². The van der Waals surface area contributed by atoms with Crippen LogP contribution in [0.2, 0.25) is 0 Å². The molecule has 1 amide bonds. The van der Waals surface area contributed by atoms with E-state index in [0.29, 0.717) is 11.9 Å². The minimum Gasteiger partial charge on any atom is -0.339 e. The maximum Gasteiger partial charge on any atom is 0.236 e. The van der Waals surface area contributed by atoms with Crippen molar-refractivity contribution in [3.63, 3.8) is 0 Å². The molecule has 1 aromatic carbocycles. The monoisotopic (exact) mass is 355 g/mol. The normalized spacial score (nSPS) is 20.8. The second-order valence-corrected chi connectivity index (χ2v) is 7.63. The fourth-order valence-corrected chi connectivity index (χ4v) is 3.92. The summed E-state index contributed by atoms with van der Waals surface area (Å²) in [7, 11) is 0. The Balaban J connectivity index is 1.98. The molecule has 0 radical (unpaired) electrons. The number of benzene rings is 1. The van der Waals surface area contributed by atoms with Gasteiger partial charge >= 0.3 is 0 Å². The van der Waals surface area contributed by atoms with Crippen LogP contribution in [0.5, 0.6) is 0 Å². The molecule has 0 aliphatic carbocycles. The first-order chi connectivity index (χ1) is 9.61. The minimum absolute atomic E-state index is 0.0108. The van der Waals surface area contributed by atoms with Crippen LogP contribution >= 0.6 is 27.7 Å². The van der Waals surface area contributed by atoms with E-state index >= 15 is 0 Å². The Morgan fingerprint density at radius 1 is 1.40 bits per heavy atom. The number of hydrogen-bond donors (Lipinski definition) is 0. The van der Waals surface area contributed by atoms with E-state index in [4.69, 9.17) is 0 Å². The highest BCUT2D eigenvalue weighted by atomic mass is 79.9. The summed E-state index contributed by atoms with van der Waals surface area (Å²) in [6.07, 6.45) is 4.65. The zero-order valence-electron chi connectivity index (χ0n) is 12.1. The number of amides is 1. The maximum absolute atomic E-state index is 12.6. The van der Waals surface area contributed by atoms with Crippen LogP contribution in [0.4, 0.5) is 0 Å². The van der Waals surface area contributed by atoms with Gasteiger partial charge in [-0.3, -0.25) is 4.79 Å². The Kier molecular flexibility index (Phi) is 5.97. The van der Waals surface area contributed by atoms with Gasteiger partial charge in [0.2, 0.25) is 5.91 Å². The average molecular weight is 356 g/mol. The van der Waals surface area contributed by atoms with Crippen molar-refractivity contribution in [2.45, 2.75) is 55.7 Å². The number of nitrogens with zero attached hydrogens (tertiary/aromatic N) is 1. The van der Waals surface area contributed by atoms with Gasteiger partial charge in [0, 0.05) is 22.0 Å². The molecule has 2 atom stereocenters. The van der Waals surface area contributed by atoms with Crippen LogP contribution < -0.4 is 0 Å². The largest absolute Gasteiger partial charge is 0.339 e. The van der Waals surface area contributed by atoms with Crippen molar-refractivity contribution >= 4 is 33.6 Å². The molecule has 0 spiro atoms. The summed E-state index contributed by atoms with van der Waals surface area (Å²) in [4.78, 5) is 15.9. The molecule has 20 heavy (non-hydrogen) atoms. The lowest BCUT2D eigenvalue weighted by Crippen LogP contribution is -2.46. The number of halogens is 1. The molecule has 1 heterocycles. The van der Waals surface area contributed by atoms with E-state index in [9.17, 15) is 4.79 Å². The fourth-order valence-electron chi connectivity index (χ4n) is 2.72. The zero-order valence-corrected chi connectivity index (χ0v) is 14.5. The molecule has 4 heteroatoms. The number of carbonyl (C=O) groups is 1. The Morgan fingerprint density at radius 2 is 2.10 bits per heavy atom. The number of rotatable bonds is 4. The van der Waals surface area contributed by atoms with Gasteiger partial charge in [-0.05, 0) is 56.9 Å². The lowest BCUT2D eigenvalue weighted by atomic mass is 10.00. The molecule has 1 fully saturated rings. The molecule has 110 valence electrons. The van der Waals surface area contributed by atoms with Crippen LogP contribution in [0.1, 0.15) is 39.5 Å². The molecule has 1 aromatic rings. The number of carbonyl (C=O) groups excluding carboxylic acids is 1. The predicted molar refractivity (Wildman–Crippen MR) is 89.1 cm³/mol. The van der Waals surface area contributed by atoms with Crippen LogP contribution in [0.25, 0.3) is 0 Å². The van der Waals surface area contributed by atoms with Crippen molar-refractivity contribution in [3.8, 4) is 0 Å². The first kappa shape index (κ1) is 15.9. The first-order valence-corrected chi connectivity index (χ1v) is 9.01. The zero-order chi connectivity index (χ0) is 14.5. The second kappa shape index (κ2) is 7.51. The fraction of sp³-hybridized carbons (Fsp3) is 0.562. The third-order valence-corrected chi connectivity index (χ3v) is 5.48. The third kappa shape index (κ3) is 4.01. The van der Waals surface area contributed by atoms with Crippen LogP contribution in [0, 0.1) is 0 Å². The molecule has 1 aliphatic rings. The maximum atomic E-state index is 12.6. The number of thioether (sulfide) groups is 1. The molecule has 0 N–H and O–H groups in total. The highest BCUT2D eigenvalue weighted by Gasteiger charge is 2.28. The molecular formula is C16H22BrNOS. The van der Waals surface area contributed by atoms with Crippen LogP contribution in [0.3, 0.4) is 0 Å². The van der Waals surface area contributed by atoms with Crippen molar-refractivity contribution in [2.75, 3.05) is 6.54 Å². The van der Waals surface area contributed by atoms with E-state index < -0.39 is 0 Å². The second-order valence-electron chi connectivity index (χ2n) is 5.30. The SMILES string of the molecule is CCC1CCCCN1C(=O)C(C)Sc1ccc(Br)cc1. The van der Waals surface area contributed by atoms with Crippen molar-refractivity contribution in [1.29, 1.82) is 0 Å². The van der Waals surface area contributed by atoms with Crippen LogP contribution in [-0.2, 0) is 4.79 Å². The molecule has 1 saturated heterocycles. The highest BCUT2D eigenvalue weighted by molar-refractivity contribution is 9.10. The minimum atomic E-state index is -0.0108. The number of hydrogen-bond acceptors (Lipinski definition) is 2. The van der Waals surface area contributed by atoms with Crippen molar-refractivity contribution < 1.29 is 4.79 Å². The Hall–Kier alpha value is -0.480. The predicted octanol–water partition coefficient (Wildman–Crippen LogP) is 4.72. The van der Waals surface area contributed by atoms with E-state index in [1.54, 1.807) is 11.8 Å². The van der Waals surface area contributed by atoms with Gasteiger partial charge in [-0.25, -0.2) is 0 Å². The van der Waals surface area contributed by atoms with E-state index in [1.165, 1.54) is 6.42 Å².